The molecule has 0 radical (unpaired) electrons. The second kappa shape index (κ2) is 6.01. The molecular weight excluding hydrogens is 299 g/mol. The molecule has 21 heavy (non-hydrogen) atoms. The number of hydrogen-bond acceptors (Lipinski definition) is 3. The van der Waals surface area contributed by atoms with E-state index >= 15 is 0 Å². The van der Waals surface area contributed by atoms with Gasteiger partial charge in [0.1, 0.15) is 22.3 Å². The lowest BCUT2D eigenvalue weighted by Crippen LogP contribution is -2.01. The number of ether oxygens (including phenoxy) is 2. The molecular formula is C15H12ClFO4. The standard InChI is InChI=1S/C15H12ClFO4/c1-20-12-6-5-9(14(21-2)13(12)16)11-7-8(17)3-4-10(11)15(18)19/h3-7H,1-2H3,(H,18,19). The van der Waals surface area contributed by atoms with E-state index in [0.717, 1.165) is 12.1 Å². The first-order valence-corrected chi connectivity index (χ1v) is 6.31. The molecule has 0 fully saturated rings. The van der Waals surface area contributed by atoms with Gasteiger partial charge >= 0.3 is 5.97 Å². The van der Waals surface area contributed by atoms with Gasteiger partial charge < -0.3 is 14.6 Å². The lowest BCUT2D eigenvalue weighted by atomic mass is 9.98. The molecule has 0 unspecified atom stereocenters. The Morgan fingerprint density at radius 2 is 1.86 bits per heavy atom. The number of rotatable bonds is 4. The van der Waals surface area contributed by atoms with Crippen LogP contribution < -0.4 is 9.47 Å². The predicted octanol–water partition coefficient (Wildman–Crippen LogP) is 3.86. The first-order chi connectivity index (χ1) is 9.99. The van der Waals surface area contributed by atoms with Crippen molar-refractivity contribution >= 4 is 17.6 Å². The molecule has 110 valence electrons. The molecule has 0 saturated heterocycles. The van der Waals surface area contributed by atoms with Crippen LogP contribution in [0, 0.1) is 5.82 Å². The van der Waals surface area contributed by atoms with Gasteiger partial charge in [-0.15, -0.1) is 0 Å². The van der Waals surface area contributed by atoms with Gasteiger partial charge in [0.25, 0.3) is 0 Å². The molecule has 0 bridgehead atoms. The van der Waals surface area contributed by atoms with Crippen molar-refractivity contribution in [3.63, 3.8) is 0 Å². The lowest BCUT2D eigenvalue weighted by Gasteiger charge is -2.14. The summed E-state index contributed by atoms with van der Waals surface area (Å²) < 4.78 is 23.8. The van der Waals surface area contributed by atoms with Crippen molar-refractivity contribution in [2.75, 3.05) is 14.2 Å². The molecule has 0 atom stereocenters. The van der Waals surface area contributed by atoms with Crippen molar-refractivity contribution in [1.29, 1.82) is 0 Å². The number of carbonyl (C=O) groups is 1. The maximum atomic E-state index is 13.5. The Labute approximate surface area is 125 Å². The topological polar surface area (TPSA) is 55.8 Å². The van der Waals surface area contributed by atoms with Crippen molar-refractivity contribution in [3.05, 3.63) is 46.7 Å². The maximum Gasteiger partial charge on any atom is 0.336 e. The average molecular weight is 311 g/mol. The molecule has 2 rings (SSSR count). The van der Waals surface area contributed by atoms with Gasteiger partial charge in [-0.25, -0.2) is 9.18 Å². The van der Waals surface area contributed by atoms with Crippen molar-refractivity contribution < 1.29 is 23.8 Å². The number of halogens is 2. The van der Waals surface area contributed by atoms with Crippen molar-refractivity contribution in [2.45, 2.75) is 0 Å². The van der Waals surface area contributed by atoms with Gasteiger partial charge in [-0.3, -0.25) is 0 Å². The minimum atomic E-state index is -1.17. The van der Waals surface area contributed by atoms with E-state index in [2.05, 4.69) is 0 Å². The smallest absolute Gasteiger partial charge is 0.336 e. The highest BCUT2D eigenvalue weighted by molar-refractivity contribution is 6.34. The summed E-state index contributed by atoms with van der Waals surface area (Å²) in [6.45, 7) is 0. The third kappa shape index (κ3) is 2.78. The minimum Gasteiger partial charge on any atom is -0.495 e. The Bertz CT molecular complexity index is 700. The van der Waals surface area contributed by atoms with Crippen LogP contribution in [0.4, 0.5) is 4.39 Å². The van der Waals surface area contributed by atoms with E-state index in [1.54, 1.807) is 12.1 Å². The van der Waals surface area contributed by atoms with Crippen LogP contribution in [0.2, 0.25) is 5.02 Å². The number of methoxy groups -OCH3 is 2. The Morgan fingerprint density at radius 3 is 2.43 bits per heavy atom. The normalized spacial score (nSPS) is 10.3. The van der Waals surface area contributed by atoms with Crippen molar-refractivity contribution in [3.8, 4) is 22.6 Å². The van der Waals surface area contributed by atoms with E-state index in [-0.39, 0.29) is 21.9 Å². The molecule has 0 spiro atoms. The fourth-order valence-corrected chi connectivity index (χ4v) is 2.35. The maximum absolute atomic E-state index is 13.5. The highest BCUT2D eigenvalue weighted by Gasteiger charge is 2.19. The minimum absolute atomic E-state index is 0.0454. The second-order valence-electron chi connectivity index (χ2n) is 4.16. The molecule has 2 aromatic rings. The van der Waals surface area contributed by atoms with Crippen molar-refractivity contribution in [1.82, 2.24) is 0 Å². The van der Waals surface area contributed by atoms with E-state index in [1.165, 1.54) is 20.3 Å². The Balaban J connectivity index is 2.75. The Kier molecular flexibility index (Phi) is 4.33. The van der Waals surface area contributed by atoms with E-state index in [9.17, 15) is 14.3 Å². The van der Waals surface area contributed by atoms with Crippen LogP contribution in [-0.2, 0) is 0 Å². The van der Waals surface area contributed by atoms with Gasteiger partial charge in [-0.05, 0) is 30.3 Å². The van der Waals surface area contributed by atoms with E-state index < -0.39 is 11.8 Å². The van der Waals surface area contributed by atoms with Crippen LogP contribution in [0.25, 0.3) is 11.1 Å². The largest absolute Gasteiger partial charge is 0.495 e. The molecule has 1 N–H and O–H groups in total. The van der Waals surface area contributed by atoms with Crippen LogP contribution in [0.1, 0.15) is 10.4 Å². The zero-order chi connectivity index (χ0) is 15.6. The summed E-state index contributed by atoms with van der Waals surface area (Å²) >= 11 is 6.14. The number of aromatic carboxylic acids is 1. The molecule has 0 aliphatic heterocycles. The summed E-state index contributed by atoms with van der Waals surface area (Å²) in [6.07, 6.45) is 0. The van der Waals surface area contributed by atoms with Crippen LogP contribution in [-0.4, -0.2) is 25.3 Å². The van der Waals surface area contributed by atoms with Gasteiger partial charge in [-0.2, -0.15) is 0 Å². The van der Waals surface area contributed by atoms with Crippen LogP contribution in [0.15, 0.2) is 30.3 Å². The summed E-state index contributed by atoms with van der Waals surface area (Å²) in [5.41, 5.74) is 0.514. The lowest BCUT2D eigenvalue weighted by molar-refractivity contribution is 0.0697. The number of carboxylic acids is 1. The quantitative estimate of drug-likeness (QED) is 0.931. The van der Waals surface area contributed by atoms with E-state index in [0.29, 0.717) is 11.3 Å². The second-order valence-corrected chi connectivity index (χ2v) is 4.54. The summed E-state index contributed by atoms with van der Waals surface area (Å²) in [5, 5.41) is 9.42. The molecule has 4 nitrogen and oxygen atoms in total. The summed E-state index contributed by atoms with van der Waals surface area (Å²) in [4.78, 5) is 11.3. The van der Waals surface area contributed by atoms with E-state index in [1.807, 2.05) is 0 Å². The van der Waals surface area contributed by atoms with Gasteiger partial charge in [0, 0.05) is 11.1 Å². The van der Waals surface area contributed by atoms with Gasteiger partial charge in [0.15, 0.2) is 0 Å². The third-order valence-electron chi connectivity index (χ3n) is 2.99. The first-order valence-electron chi connectivity index (χ1n) is 5.93. The van der Waals surface area contributed by atoms with Crippen LogP contribution in [0.5, 0.6) is 11.5 Å². The fourth-order valence-electron chi connectivity index (χ4n) is 2.03. The molecule has 0 aliphatic rings. The summed E-state index contributed by atoms with van der Waals surface area (Å²) in [5.74, 6) is -1.11. The molecule has 2 aromatic carbocycles. The number of carboxylic acid groups (broad SMARTS) is 1. The first kappa shape index (κ1) is 15.1. The molecule has 6 heteroatoms. The highest BCUT2D eigenvalue weighted by atomic mass is 35.5. The zero-order valence-corrected chi connectivity index (χ0v) is 12.1. The Hall–Kier alpha value is -2.27. The van der Waals surface area contributed by atoms with Crippen molar-refractivity contribution in [2.24, 2.45) is 0 Å². The summed E-state index contributed by atoms with van der Waals surface area (Å²) in [7, 11) is 2.84. The monoisotopic (exact) mass is 310 g/mol. The molecule has 0 aromatic heterocycles. The zero-order valence-electron chi connectivity index (χ0n) is 11.3. The van der Waals surface area contributed by atoms with Crippen LogP contribution >= 0.6 is 11.6 Å². The van der Waals surface area contributed by atoms with Crippen LogP contribution in [0.3, 0.4) is 0 Å². The molecule has 0 heterocycles. The summed E-state index contributed by atoms with van der Waals surface area (Å²) in [6, 6.07) is 6.56. The average Bonchev–Trinajstić information content (AvgIpc) is 2.46. The SMILES string of the molecule is COc1ccc(-c2cc(F)ccc2C(=O)O)c(OC)c1Cl. The van der Waals surface area contributed by atoms with Gasteiger partial charge in [-0.1, -0.05) is 11.6 Å². The fraction of sp³-hybridized carbons (Fsp3) is 0.133. The number of hydrogen-bond donors (Lipinski definition) is 1. The molecule has 0 amide bonds. The third-order valence-corrected chi connectivity index (χ3v) is 3.35. The molecule has 0 aliphatic carbocycles. The number of benzene rings is 2. The highest BCUT2D eigenvalue weighted by Crippen LogP contribution is 2.42. The molecule has 0 saturated carbocycles. The predicted molar refractivity (Wildman–Crippen MR) is 76.9 cm³/mol. The Morgan fingerprint density at radius 1 is 1.14 bits per heavy atom. The van der Waals surface area contributed by atoms with Gasteiger partial charge in [0.2, 0.25) is 0 Å². The van der Waals surface area contributed by atoms with E-state index in [4.69, 9.17) is 21.1 Å². The van der Waals surface area contributed by atoms with Gasteiger partial charge in [0.05, 0.1) is 19.8 Å².